The highest BCUT2D eigenvalue weighted by Gasteiger charge is 2.30. The Hall–Kier alpha value is -2.25. The molecule has 0 saturated carbocycles. The summed E-state index contributed by atoms with van der Waals surface area (Å²) >= 11 is 0. The second kappa shape index (κ2) is 9.30. The Labute approximate surface area is 166 Å². The summed E-state index contributed by atoms with van der Waals surface area (Å²) in [6.45, 7) is 3.91. The van der Waals surface area contributed by atoms with E-state index in [0.717, 1.165) is 26.1 Å². The van der Waals surface area contributed by atoms with E-state index in [1.807, 2.05) is 24.3 Å². The normalized spacial score (nSPS) is 25.5. The van der Waals surface area contributed by atoms with E-state index < -0.39 is 0 Å². The summed E-state index contributed by atoms with van der Waals surface area (Å²) in [6, 6.07) is 20.6. The SMILES string of the molecule is O=C(NCC1CN(Cc2ccccc2)CCO1)C1CC(c2ccccc2)NN1. The van der Waals surface area contributed by atoms with Crippen LogP contribution in [0.2, 0.25) is 0 Å². The highest BCUT2D eigenvalue weighted by atomic mass is 16.5. The van der Waals surface area contributed by atoms with Crippen molar-refractivity contribution in [2.75, 3.05) is 26.2 Å². The van der Waals surface area contributed by atoms with Gasteiger partial charge in [-0.05, 0) is 17.5 Å². The molecule has 2 fully saturated rings. The molecule has 1 amide bonds. The number of rotatable bonds is 6. The average molecular weight is 380 g/mol. The van der Waals surface area contributed by atoms with Crippen molar-refractivity contribution >= 4 is 5.91 Å². The van der Waals surface area contributed by atoms with E-state index in [0.29, 0.717) is 13.2 Å². The lowest BCUT2D eigenvalue weighted by Gasteiger charge is -2.33. The first kappa shape index (κ1) is 19.1. The monoisotopic (exact) mass is 380 g/mol. The van der Waals surface area contributed by atoms with Gasteiger partial charge in [-0.25, -0.2) is 10.9 Å². The molecule has 6 heteroatoms. The maximum Gasteiger partial charge on any atom is 0.238 e. The Balaban J connectivity index is 1.22. The quantitative estimate of drug-likeness (QED) is 0.711. The topological polar surface area (TPSA) is 65.6 Å². The van der Waals surface area contributed by atoms with Crippen molar-refractivity contribution in [1.29, 1.82) is 0 Å². The fourth-order valence-electron chi connectivity index (χ4n) is 3.86. The molecule has 0 aromatic heterocycles. The third-order valence-electron chi connectivity index (χ3n) is 5.40. The number of benzene rings is 2. The summed E-state index contributed by atoms with van der Waals surface area (Å²) in [7, 11) is 0. The number of morpholine rings is 1. The van der Waals surface area contributed by atoms with Gasteiger partial charge in [0, 0.05) is 32.2 Å². The zero-order valence-electron chi connectivity index (χ0n) is 16.0. The first-order valence-corrected chi connectivity index (χ1v) is 9.99. The summed E-state index contributed by atoms with van der Waals surface area (Å²) in [5.74, 6) is 0.0229. The van der Waals surface area contributed by atoms with Gasteiger partial charge in [-0.15, -0.1) is 0 Å². The van der Waals surface area contributed by atoms with Gasteiger partial charge in [0.15, 0.2) is 0 Å². The third-order valence-corrected chi connectivity index (χ3v) is 5.40. The summed E-state index contributed by atoms with van der Waals surface area (Å²) < 4.78 is 5.86. The molecule has 0 spiro atoms. The van der Waals surface area contributed by atoms with Crippen LogP contribution in [0.25, 0.3) is 0 Å². The van der Waals surface area contributed by atoms with Crippen LogP contribution in [0.3, 0.4) is 0 Å². The van der Waals surface area contributed by atoms with E-state index in [1.165, 1.54) is 11.1 Å². The Morgan fingerprint density at radius 3 is 2.61 bits per heavy atom. The van der Waals surface area contributed by atoms with Crippen LogP contribution in [0.4, 0.5) is 0 Å². The number of hydrogen-bond acceptors (Lipinski definition) is 5. The van der Waals surface area contributed by atoms with Gasteiger partial charge in [-0.2, -0.15) is 0 Å². The molecule has 2 aromatic rings. The number of nitrogens with zero attached hydrogens (tertiary/aromatic N) is 1. The van der Waals surface area contributed by atoms with Crippen LogP contribution in [-0.4, -0.2) is 49.2 Å². The molecule has 28 heavy (non-hydrogen) atoms. The molecule has 2 saturated heterocycles. The molecule has 3 atom stereocenters. The van der Waals surface area contributed by atoms with Gasteiger partial charge in [0.2, 0.25) is 5.91 Å². The minimum Gasteiger partial charge on any atom is -0.374 e. The smallest absolute Gasteiger partial charge is 0.238 e. The van der Waals surface area contributed by atoms with Crippen molar-refractivity contribution in [3.05, 3.63) is 71.8 Å². The van der Waals surface area contributed by atoms with Crippen molar-refractivity contribution in [2.24, 2.45) is 0 Å². The molecule has 3 unspecified atom stereocenters. The van der Waals surface area contributed by atoms with Crippen LogP contribution in [0.5, 0.6) is 0 Å². The minimum atomic E-state index is -0.228. The van der Waals surface area contributed by atoms with Gasteiger partial charge in [-0.1, -0.05) is 60.7 Å². The summed E-state index contributed by atoms with van der Waals surface area (Å²) in [5.41, 5.74) is 8.84. The van der Waals surface area contributed by atoms with Crippen molar-refractivity contribution in [3.63, 3.8) is 0 Å². The maximum atomic E-state index is 12.6. The van der Waals surface area contributed by atoms with E-state index >= 15 is 0 Å². The Morgan fingerprint density at radius 1 is 1.07 bits per heavy atom. The highest BCUT2D eigenvalue weighted by Crippen LogP contribution is 2.21. The zero-order chi connectivity index (χ0) is 19.2. The first-order chi connectivity index (χ1) is 13.8. The van der Waals surface area contributed by atoms with Crippen molar-refractivity contribution in [1.82, 2.24) is 21.1 Å². The molecule has 0 radical (unpaired) electrons. The van der Waals surface area contributed by atoms with E-state index in [4.69, 9.17) is 4.74 Å². The summed E-state index contributed by atoms with van der Waals surface area (Å²) in [5, 5.41) is 3.06. The molecule has 6 nitrogen and oxygen atoms in total. The molecule has 4 rings (SSSR count). The Morgan fingerprint density at radius 2 is 1.82 bits per heavy atom. The molecular formula is C22H28N4O2. The van der Waals surface area contributed by atoms with Gasteiger partial charge in [-0.3, -0.25) is 9.69 Å². The van der Waals surface area contributed by atoms with Crippen LogP contribution < -0.4 is 16.2 Å². The van der Waals surface area contributed by atoms with Gasteiger partial charge in [0.05, 0.1) is 12.7 Å². The number of amides is 1. The highest BCUT2D eigenvalue weighted by molar-refractivity contribution is 5.82. The number of carbonyl (C=O) groups excluding carboxylic acids is 1. The molecular weight excluding hydrogens is 352 g/mol. The lowest BCUT2D eigenvalue weighted by Crippen LogP contribution is -2.50. The molecule has 2 aromatic carbocycles. The van der Waals surface area contributed by atoms with E-state index in [9.17, 15) is 4.79 Å². The molecule has 0 aliphatic carbocycles. The van der Waals surface area contributed by atoms with Gasteiger partial charge in [0.25, 0.3) is 0 Å². The van der Waals surface area contributed by atoms with Crippen LogP contribution in [-0.2, 0) is 16.1 Å². The number of hydrogen-bond donors (Lipinski definition) is 3. The fourth-order valence-corrected chi connectivity index (χ4v) is 3.86. The van der Waals surface area contributed by atoms with Crippen molar-refractivity contribution < 1.29 is 9.53 Å². The van der Waals surface area contributed by atoms with Gasteiger partial charge < -0.3 is 10.1 Å². The van der Waals surface area contributed by atoms with Crippen LogP contribution in [0.15, 0.2) is 60.7 Å². The second-order valence-corrected chi connectivity index (χ2v) is 7.50. The number of ether oxygens (including phenoxy) is 1. The third kappa shape index (κ3) is 4.97. The predicted molar refractivity (Wildman–Crippen MR) is 108 cm³/mol. The largest absolute Gasteiger partial charge is 0.374 e. The second-order valence-electron chi connectivity index (χ2n) is 7.50. The molecule has 0 bridgehead atoms. The summed E-state index contributed by atoms with van der Waals surface area (Å²) in [4.78, 5) is 14.9. The number of carbonyl (C=O) groups is 1. The molecule has 148 valence electrons. The molecule has 2 aliphatic heterocycles. The number of hydrazine groups is 1. The van der Waals surface area contributed by atoms with E-state index in [1.54, 1.807) is 0 Å². The maximum absolute atomic E-state index is 12.6. The lowest BCUT2D eigenvalue weighted by atomic mass is 10.0. The first-order valence-electron chi connectivity index (χ1n) is 9.99. The zero-order valence-corrected chi connectivity index (χ0v) is 16.0. The Kier molecular flexibility index (Phi) is 6.34. The number of nitrogens with one attached hydrogen (secondary N) is 3. The molecule has 2 heterocycles. The van der Waals surface area contributed by atoms with Crippen LogP contribution in [0, 0.1) is 0 Å². The average Bonchev–Trinajstić information content (AvgIpc) is 3.24. The molecule has 2 aliphatic rings. The predicted octanol–water partition coefficient (Wildman–Crippen LogP) is 1.61. The van der Waals surface area contributed by atoms with Gasteiger partial charge >= 0.3 is 0 Å². The van der Waals surface area contributed by atoms with Crippen LogP contribution in [0.1, 0.15) is 23.6 Å². The fraction of sp³-hybridized carbons (Fsp3) is 0.409. The van der Waals surface area contributed by atoms with Crippen LogP contribution >= 0.6 is 0 Å². The van der Waals surface area contributed by atoms with Crippen molar-refractivity contribution in [2.45, 2.75) is 31.2 Å². The lowest BCUT2D eigenvalue weighted by molar-refractivity contribution is -0.124. The minimum absolute atomic E-state index is 0.0229. The van der Waals surface area contributed by atoms with E-state index in [-0.39, 0.29) is 24.1 Å². The summed E-state index contributed by atoms with van der Waals surface area (Å²) in [6.07, 6.45) is 0.766. The molecule has 3 N–H and O–H groups in total. The van der Waals surface area contributed by atoms with E-state index in [2.05, 4.69) is 57.5 Å². The Bertz CT molecular complexity index is 756. The standard InChI is InChI=1S/C22H28N4O2/c27-22(21-13-20(24-25-21)18-9-5-2-6-10-18)23-14-19-16-26(11-12-28-19)15-17-7-3-1-4-8-17/h1-10,19-21,24-25H,11-16H2,(H,23,27). The van der Waals surface area contributed by atoms with Gasteiger partial charge in [0.1, 0.15) is 6.04 Å². The van der Waals surface area contributed by atoms with Crippen molar-refractivity contribution in [3.8, 4) is 0 Å².